The second-order valence-corrected chi connectivity index (χ2v) is 9.98. The van der Waals surface area contributed by atoms with Gasteiger partial charge in [-0.3, -0.25) is 4.90 Å². The lowest BCUT2D eigenvalue weighted by atomic mass is 9.86. The number of ether oxygens (including phenoxy) is 2. The first kappa shape index (κ1) is 24.2. The Morgan fingerprint density at radius 2 is 1.89 bits per heavy atom. The number of hydrogen-bond donors (Lipinski definition) is 2. The van der Waals surface area contributed by atoms with Crippen molar-refractivity contribution in [3.8, 4) is 23.0 Å². The molecule has 0 saturated carbocycles. The Hall–Kier alpha value is -3.51. The molecule has 0 amide bonds. The molecule has 0 aliphatic carbocycles. The van der Waals surface area contributed by atoms with Crippen molar-refractivity contribution >= 4 is 11.1 Å². The molecule has 3 unspecified atom stereocenters. The third kappa shape index (κ3) is 4.65. The normalized spacial score (nSPS) is 20.7. The molecule has 6 heteroatoms. The molecule has 2 N–H and O–H groups in total. The fraction of sp³-hybridized carbons (Fsp3) is 0.333. The summed E-state index contributed by atoms with van der Waals surface area (Å²) in [6.07, 6.45) is 0.712. The average Bonchev–Trinajstić information content (AvgIpc) is 3.31. The summed E-state index contributed by atoms with van der Waals surface area (Å²) in [5.41, 5.74) is 3.21. The maximum atomic E-state index is 14.9. The number of fused-ring (bicyclic) bond motifs is 1. The highest BCUT2D eigenvalue weighted by atomic mass is 19.1. The van der Waals surface area contributed by atoms with E-state index in [1.54, 1.807) is 24.3 Å². The summed E-state index contributed by atoms with van der Waals surface area (Å²) in [4.78, 5) is 2.47. The van der Waals surface area contributed by atoms with E-state index in [0.29, 0.717) is 24.0 Å². The molecule has 3 aromatic rings. The predicted octanol–water partition coefficient (Wildman–Crippen LogP) is 6.41. The first-order chi connectivity index (χ1) is 17.3. The minimum atomic E-state index is -0.716. The minimum Gasteiger partial charge on any atom is -0.508 e. The van der Waals surface area contributed by atoms with Gasteiger partial charge in [-0.25, -0.2) is 4.39 Å². The first-order valence-corrected chi connectivity index (χ1v) is 12.5. The number of benzene rings is 3. The van der Waals surface area contributed by atoms with E-state index in [4.69, 9.17) is 9.47 Å². The lowest BCUT2D eigenvalue weighted by molar-refractivity contribution is 0.169. The van der Waals surface area contributed by atoms with Gasteiger partial charge >= 0.3 is 0 Å². The minimum absolute atomic E-state index is 0.110. The molecule has 36 heavy (non-hydrogen) atoms. The molecule has 5 nitrogen and oxygen atoms in total. The van der Waals surface area contributed by atoms with Crippen LogP contribution in [0.25, 0.3) is 11.1 Å². The Kier molecular flexibility index (Phi) is 6.63. The maximum Gasteiger partial charge on any atom is 0.176 e. The molecular formula is C30H32FNO4. The van der Waals surface area contributed by atoms with Crippen LogP contribution in [0, 0.1) is 11.7 Å². The van der Waals surface area contributed by atoms with Gasteiger partial charge in [0.25, 0.3) is 0 Å². The Labute approximate surface area is 211 Å². The molecule has 188 valence electrons. The third-order valence-electron chi connectivity index (χ3n) is 7.28. The standard InChI is InChI=1S/C30H32FNO4/c1-18-13-14-32(16-18)19(2)17-35-24-9-7-21(8-10-24)30-27(22-5-4-6-23(33)15-22)20(3)28-26(36-30)12-11-25(34)29(28)31/h4-12,15,18-19,30,33-34H,13-14,16-17H2,1-3H3. The van der Waals surface area contributed by atoms with Crippen LogP contribution < -0.4 is 9.47 Å². The van der Waals surface area contributed by atoms with Crippen LogP contribution in [0.15, 0.2) is 60.7 Å². The van der Waals surface area contributed by atoms with Gasteiger partial charge in [-0.1, -0.05) is 31.2 Å². The summed E-state index contributed by atoms with van der Waals surface area (Å²) in [6, 6.07) is 17.9. The fourth-order valence-corrected chi connectivity index (χ4v) is 5.22. The summed E-state index contributed by atoms with van der Waals surface area (Å²) in [5, 5.41) is 20.1. The van der Waals surface area contributed by atoms with Crippen LogP contribution in [0.5, 0.6) is 23.0 Å². The second-order valence-electron chi connectivity index (χ2n) is 9.98. The topological polar surface area (TPSA) is 62.2 Å². The van der Waals surface area contributed by atoms with Crippen molar-refractivity contribution in [2.75, 3.05) is 19.7 Å². The molecule has 0 radical (unpaired) electrons. The van der Waals surface area contributed by atoms with Crippen molar-refractivity contribution in [3.63, 3.8) is 0 Å². The highest BCUT2D eigenvalue weighted by Gasteiger charge is 2.32. The van der Waals surface area contributed by atoms with E-state index >= 15 is 0 Å². The van der Waals surface area contributed by atoms with Crippen molar-refractivity contribution in [1.29, 1.82) is 0 Å². The molecule has 0 bridgehead atoms. The number of rotatable bonds is 6. The molecule has 3 aromatic carbocycles. The van der Waals surface area contributed by atoms with Crippen LogP contribution in [0.1, 0.15) is 50.0 Å². The number of hydrogen-bond acceptors (Lipinski definition) is 5. The number of likely N-dealkylation sites (tertiary alicyclic amines) is 1. The fourth-order valence-electron chi connectivity index (χ4n) is 5.22. The Morgan fingerprint density at radius 1 is 1.11 bits per heavy atom. The second kappa shape index (κ2) is 9.86. The van der Waals surface area contributed by atoms with Gasteiger partial charge in [-0.2, -0.15) is 0 Å². The van der Waals surface area contributed by atoms with Crippen molar-refractivity contribution in [3.05, 3.63) is 83.2 Å². The zero-order chi connectivity index (χ0) is 25.4. The van der Waals surface area contributed by atoms with Gasteiger partial charge in [-0.15, -0.1) is 0 Å². The number of aromatic hydroxyl groups is 2. The van der Waals surface area contributed by atoms with Crippen molar-refractivity contribution in [1.82, 2.24) is 4.90 Å². The quantitative estimate of drug-likeness (QED) is 0.419. The first-order valence-electron chi connectivity index (χ1n) is 12.5. The number of halogens is 1. The summed E-state index contributed by atoms with van der Waals surface area (Å²) in [7, 11) is 0. The summed E-state index contributed by atoms with van der Waals surface area (Å²) in [5.74, 6) is 0.854. The monoisotopic (exact) mass is 489 g/mol. The van der Waals surface area contributed by atoms with E-state index < -0.39 is 17.7 Å². The number of phenolic OH excluding ortho intramolecular Hbond substituents is 2. The largest absolute Gasteiger partial charge is 0.508 e. The van der Waals surface area contributed by atoms with Crippen LogP contribution in [-0.4, -0.2) is 40.9 Å². The summed E-state index contributed by atoms with van der Waals surface area (Å²) < 4.78 is 27.3. The number of nitrogens with zero attached hydrogens (tertiary/aromatic N) is 1. The van der Waals surface area contributed by atoms with E-state index in [0.717, 1.165) is 41.5 Å². The van der Waals surface area contributed by atoms with Crippen molar-refractivity contribution in [2.45, 2.75) is 39.3 Å². The number of phenols is 2. The molecule has 2 aliphatic rings. The zero-order valence-electron chi connectivity index (χ0n) is 20.9. The third-order valence-corrected chi connectivity index (χ3v) is 7.28. The maximum absolute atomic E-state index is 14.9. The smallest absolute Gasteiger partial charge is 0.176 e. The Bertz CT molecular complexity index is 1290. The van der Waals surface area contributed by atoms with Crippen LogP contribution in [0.3, 0.4) is 0 Å². The molecule has 0 aromatic heterocycles. The van der Waals surface area contributed by atoms with Crippen LogP contribution in [-0.2, 0) is 0 Å². The van der Waals surface area contributed by atoms with E-state index in [-0.39, 0.29) is 11.3 Å². The highest BCUT2D eigenvalue weighted by molar-refractivity contribution is 5.96. The van der Waals surface area contributed by atoms with Gasteiger partial charge in [0.15, 0.2) is 11.6 Å². The molecule has 2 heterocycles. The SMILES string of the molecule is CC1=C(c2cccc(O)c2)C(c2ccc(OCC(C)N3CCC(C)C3)cc2)Oc2ccc(O)c(F)c21. The molecular weight excluding hydrogens is 457 g/mol. The molecule has 5 rings (SSSR count). The van der Waals surface area contributed by atoms with Gasteiger partial charge in [0.1, 0.15) is 30.0 Å². The van der Waals surface area contributed by atoms with E-state index in [9.17, 15) is 14.6 Å². The Morgan fingerprint density at radius 3 is 2.58 bits per heavy atom. The van der Waals surface area contributed by atoms with Gasteiger partial charge in [0.2, 0.25) is 0 Å². The van der Waals surface area contributed by atoms with Gasteiger partial charge in [-0.05, 0) is 85.8 Å². The lowest BCUT2D eigenvalue weighted by Crippen LogP contribution is -2.35. The predicted molar refractivity (Wildman–Crippen MR) is 139 cm³/mol. The molecule has 1 fully saturated rings. The molecule has 2 aliphatic heterocycles. The van der Waals surface area contributed by atoms with Gasteiger partial charge in [0, 0.05) is 18.2 Å². The Balaban J connectivity index is 1.43. The van der Waals surface area contributed by atoms with Gasteiger partial charge < -0.3 is 19.7 Å². The lowest BCUT2D eigenvalue weighted by Gasteiger charge is -2.31. The van der Waals surface area contributed by atoms with Crippen molar-refractivity contribution < 1.29 is 24.1 Å². The van der Waals surface area contributed by atoms with Crippen LogP contribution >= 0.6 is 0 Å². The highest BCUT2D eigenvalue weighted by Crippen LogP contribution is 2.49. The van der Waals surface area contributed by atoms with E-state index in [1.807, 2.05) is 37.3 Å². The van der Waals surface area contributed by atoms with Crippen LogP contribution in [0.4, 0.5) is 4.39 Å². The van der Waals surface area contributed by atoms with Crippen LogP contribution in [0.2, 0.25) is 0 Å². The number of allylic oxidation sites excluding steroid dienone is 1. The van der Waals surface area contributed by atoms with E-state index in [2.05, 4.69) is 18.7 Å². The van der Waals surface area contributed by atoms with E-state index in [1.165, 1.54) is 12.5 Å². The average molecular weight is 490 g/mol. The zero-order valence-corrected chi connectivity index (χ0v) is 20.9. The molecule has 1 saturated heterocycles. The summed E-state index contributed by atoms with van der Waals surface area (Å²) >= 11 is 0. The molecule has 3 atom stereocenters. The summed E-state index contributed by atoms with van der Waals surface area (Å²) in [6.45, 7) is 9.16. The molecule has 0 spiro atoms. The van der Waals surface area contributed by atoms with Gasteiger partial charge in [0.05, 0.1) is 5.56 Å². The van der Waals surface area contributed by atoms with Crippen molar-refractivity contribution in [2.24, 2.45) is 5.92 Å².